The Morgan fingerprint density at radius 2 is 2.30 bits per heavy atom. The summed E-state index contributed by atoms with van der Waals surface area (Å²) in [6.07, 6.45) is 3.37. The van der Waals surface area contributed by atoms with Crippen molar-refractivity contribution in [3.63, 3.8) is 0 Å². The summed E-state index contributed by atoms with van der Waals surface area (Å²) >= 11 is 0. The molecule has 0 spiro atoms. The van der Waals surface area contributed by atoms with E-state index in [9.17, 15) is 4.79 Å². The molecule has 1 saturated heterocycles. The Morgan fingerprint density at radius 3 is 3.00 bits per heavy atom. The molecule has 1 amide bonds. The van der Waals surface area contributed by atoms with E-state index in [2.05, 4.69) is 24.2 Å². The van der Waals surface area contributed by atoms with E-state index in [-0.39, 0.29) is 5.91 Å². The molecule has 20 heavy (non-hydrogen) atoms. The van der Waals surface area contributed by atoms with Gasteiger partial charge < -0.3 is 16.0 Å². The molecule has 3 N–H and O–H groups in total. The van der Waals surface area contributed by atoms with Crippen molar-refractivity contribution in [3.8, 4) is 0 Å². The Labute approximate surface area is 121 Å². The average molecular weight is 275 g/mol. The van der Waals surface area contributed by atoms with Crippen molar-refractivity contribution < 1.29 is 4.79 Å². The van der Waals surface area contributed by atoms with Gasteiger partial charge in [0.2, 0.25) is 5.91 Å². The van der Waals surface area contributed by atoms with E-state index >= 15 is 0 Å². The number of carbonyl (C=O) groups excluding carboxylic acids is 1. The Morgan fingerprint density at radius 1 is 1.50 bits per heavy atom. The second-order valence-electron chi connectivity index (χ2n) is 5.86. The van der Waals surface area contributed by atoms with Crippen molar-refractivity contribution in [1.82, 2.24) is 10.2 Å². The van der Waals surface area contributed by atoms with Gasteiger partial charge in [0.05, 0.1) is 0 Å². The number of benzene rings is 1. The highest BCUT2D eigenvalue weighted by Gasteiger charge is 2.23. The second kappa shape index (κ2) is 6.75. The summed E-state index contributed by atoms with van der Waals surface area (Å²) in [4.78, 5) is 14.3. The summed E-state index contributed by atoms with van der Waals surface area (Å²) in [5.41, 5.74) is 7.62. The van der Waals surface area contributed by atoms with E-state index in [1.807, 2.05) is 24.3 Å². The zero-order valence-electron chi connectivity index (χ0n) is 12.4. The number of hydrogen-bond acceptors (Lipinski definition) is 3. The summed E-state index contributed by atoms with van der Waals surface area (Å²) in [5, 5.41) is 3.16. The molecule has 4 heteroatoms. The summed E-state index contributed by atoms with van der Waals surface area (Å²) in [7, 11) is 2.14. The van der Waals surface area contributed by atoms with E-state index in [4.69, 9.17) is 5.73 Å². The molecule has 1 aromatic carbocycles. The first-order chi connectivity index (χ1) is 9.54. The third kappa shape index (κ3) is 4.23. The quantitative estimate of drug-likeness (QED) is 0.824. The number of nitrogen functional groups attached to an aromatic ring is 1. The van der Waals surface area contributed by atoms with Crippen molar-refractivity contribution in [1.29, 1.82) is 0 Å². The van der Waals surface area contributed by atoms with Crippen molar-refractivity contribution in [3.05, 3.63) is 29.8 Å². The van der Waals surface area contributed by atoms with E-state index in [0.29, 0.717) is 18.5 Å². The lowest BCUT2D eigenvalue weighted by atomic mass is 9.98. The third-order valence-electron chi connectivity index (χ3n) is 4.17. The van der Waals surface area contributed by atoms with Crippen LogP contribution in [0, 0.1) is 0 Å². The van der Waals surface area contributed by atoms with Crippen LogP contribution in [0.15, 0.2) is 24.3 Å². The Hall–Kier alpha value is -1.55. The number of aryl methyl sites for hydroxylation is 1. The Balaban J connectivity index is 1.75. The minimum atomic E-state index is 0.147. The minimum absolute atomic E-state index is 0.147. The molecular formula is C16H25N3O. The fourth-order valence-corrected chi connectivity index (χ4v) is 2.73. The van der Waals surface area contributed by atoms with Crippen LogP contribution >= 0.6 is 0 Å². The SMILES string of the molecule is CC1CC(NC(=O)CCc2cccc(N)c2)CCN1C. The summed E-state index contributed by atoms with van der Waals surface area (Å²) in [5.74, 6) is 0.147. The number of likely N-dealkylation sites (tertiary alicyclic amines) is 1. The number of piperidine rings is 1. The first kappa shape index (κ1) is 14.9. The van der Waals surface area contributed by atoms with Crippen LogP contribution in [0.1, 0.15) is 31.7 Å². The molecule has 4 nitrogen and oxygen atoms in total. The Kier molecular flexibility index (Phi) is 5.01. The van der Waals surface area contributed by atoms with Gasteiger partial charge in [-0.1, -0.05) is 12.1 Å². The van der Waals surface area contributed by atoms with Crippen LogP contribution in [0.2, 0.25) is 0 Å². The molecule has 1 aliphatic rings. The largest absolute Gasteiger partial charge is 0.399 e. The van der Waals surface area contributed by atoms with Crippen LogP contribution in [0.4, 0.5) is 5.69 Å². The molecule has 1 heterocycles. The molecule has 1 fully saturated rings. The molecule has 0 bridgehead atoms. The van der Waals surface area contributed by atoms with Crippen LogP contribution in [0.3, 0.4) is 0 Å². The predicted molar refractivity (Wildman–Crippen MR) is 82.4 cm³/mol. The van der Waals surface area contributed by atoms with Crippen molar-refractivity contribution >= 4 is 11.6 Å². The van der Waals surface area contributed by atoms with Crippen molar-refractivity contribution in [2.45, 2.75) is 44.7 Å². The average Bonchev–Trinajstić information content (AvgIpc) is 2.41. The molecule has 1 aliphatic heterocycles. The topological polar surface area (TPSA) is 58.4 Å². The van der Waals surface area contributed by atoms with Crippen LogP contribution in [0.25, 0.3) is 0 Å². The molecule has 0 saturated carbocycles. The third-order valence-corrected chi connectivity index (χ3v) is 4.17. The summed E-state index contributed by atoms with van der Waals surface area (Å²) < 4.78 is 0. The van der Waals surface area contributed by atoms with E-state index in [1.165, 1.54) is 0 Å². The van der Waals surface area contributed by atoms with Crippen LogP contribution in [-0.4, -0.2) is 36.5 Å². The van der Waals surface area contributed by atoms with Gasteiger partial charge in [-0.25, -0.2) is 0 Å². The van der Waals surface area contributed by atoms with Gasteiger partial charge in [0.1, 0.15) is 0 Å². The van der Waals surface area contributed by atoms with Gasteiger partial charge in [-0.3, -0.25) is 4.79 Å². The molecule has 2 unspecified atom stereocenters. The van der Waals surface area contributed by atoms with Crippen LogP contribution in [-0.2, 0) is 11.2 Å². The first-order valence-corrected chi connectivity index (χ1v) is 7.38. The van der Waals surface area contributed by atoms with Gasteiger partial charge in [0.15, 0.2) is 0 Å². The normalized spacial score (nSPS) is 23.5. The zero-order valence-corrected chi connectivity index (χ0v) is 12.4. The zero-order chi connectivity index (χ0) is 14.5. The highest BCUT2D eigenvalue weighted by molar-refractivity contribution is 5.76. The Bertz CT molecular complexity index is 461. The number of anilines is 1. The number of nitrogens with zero attached hydrogens (tertiary/aromatic N) is 1. The highest BCUT2D eigenvalue weighted by atomic mass is 16.1. The molecule has 2 rings (SSSR count). The maximum atomic E-state index is 12.0. The second-order valence-corrected chi connectivity index (χ2v) is 5.86. The van der Waals surface area contributed by atoms with Gasteiger partial charge in [-0.15, -0.1) is 0 Å². The summed E-state index contributed by atoms with van der Waals surface area (Å²) in [6, 6.07) is 8.62. The molecule has 0 aromatic heterocycles. The lowest BCUT2D eigenvalue weighted by Crippen LogP contribution is -2.47. The van der Waals surface area contributed by atoms with E-state index < -0.39 is 0 Å². The van der Waals surface area contributed by atoms with Gasteiger partial charge in [0, 0.05) is 30.7 Å². The molecule has 1 aromatic rings. The molecule has 0 radical (unpaired) electrons. The molecule has 110 valence electrons. The van der Waals surface area contributed by atoms with Gasteiger partial charge in [-0.2, -0.15) is 0 Å². The van der Waals surface area contributed by atoms with Gasteiger partial charge in [-0.05, 0) is 50.9 Å². The standard InChI is InChI=1S/C16H25N3O/c1-12-10-15(8-9-19(12)2)18-16(20)7-6-13-4-3-5-14(17)11-13/h3-5,11-12,15H,6-10,17H2,1-2H3,(H,18,20). The molecule has 2 atom stereocenters. The lowest BCUT2D eigenvalue weighted by Gasteiger charge is -2.35. The number of rotatable bonds is 4. The fourth-order valence-electron chi connectivity index (χ4n) is 2.73. The minimum Gasteiger partial charge on any atom is -0.399 e. The predicted octanol–water partition coefficient (Wildman–Crippen LogP) is 1.80. The van der Waals surface area contributed by atoms with Crippen LogP contribution in [0.5, 0.6) is 0 Å². The van der Waals surface area contributed by atoms with E-state index in [1.54, 1.807) is 0 Å². The maximum absolute atomic E-state index is 12.0. The van der Waals surface area contributed by atoms with Crippen molar-refractivity contribution in [2.75, 3.05) is 19.3 Å². The monoisotopic (exact) mass is 275 g/mol. The molecular weight excluding hydrogens is 250 g/mol. The maximum Gasteiger partial charge on any atom is 0.220 e. The number of nitrogens with two attached hydrogens (primary N) is 1. The number of hydrogen-bond donors (Lipinski definition) is 2. The number of nitrogens with one attached hydrogen (secondary N) is 1. The van der Waals surface area contributed by atoms with Gasteiger partial charge >= 0.3 is 0 Å². The van der Waals surface area contributed by atoms with Crippen LogP contribution < -0.4 is 11.1 Å². The fraction of sp³-hybridized carbons (Fsp3) is 0.562. The van der Waals surface area contributed by atoms with E-state index in [0.717, 1.165) is 37.1 Å². The number of carbonyl (C=O) groups is 1. The van der Waals surface area contributed by atoms with Crippen molar-refractivity contribution in [2.24, 2.45) is 0 Å². The lowest BCUT2D eigenvalue weighted by molar-refractivity contribution is -0.122. The summed E-state index contributed by atoms with van der Waals surface area (Å²) in [6.45, 7) is 3.27. The molecule has 0 aliphatic carbocycles. The number of amides is 1. The highest BCUT2D eigenvalue weighted by Crippen LogP contribution is 2.15. The first-order valence-electron chi connectivity index (χ1n) is 7.38. The van der Waals surface area contributed by atoms with Gasteiger partial charge in [0.25, 0.3) is 0 Å². The smallest absolute Gasteiger partial charge is 0.220 e.